The summed E-state index contributed by atoms with van der Waals surface area (Å²) >= 11 is 0. The zero-order valence-corrected chi connectivity index (χ0v) is 12.3. The van der Waals surface area contributed by atoms with Gasteiger partial charge in [-0.25, -0.2) is 4.79 Å². The lowest BCUT2D eigenvalue weighted by Crippen LogP contribution is -2.40. The second-order valence-electron chi connectivity index (χ2n) is 5.55. The molecule has 3 rings (SSSR count). The van der Waals surface area contributed by atoms with Gasteiger partial charge in [-0.05, 0) is 29.9 Å². The van der Waals surface area contributed by atoms with E-state index in [-0.39, 0.29) is 12.4 Å². The number of benzene rings is 1. The molecule has 1 spiro atoms. The van der Waals surface area contributed by atoms with Gasteiger partial charge in [0, 0.05) is 6.42 Å². The molecule has 0 aromatic heterocycles. The summed E-state index contributed by atoms with van der Waals surface area (Å²) in [7, 11) is 0. The average Bonchev–Trinajstić information content (AvgIpc) is 2.85. The molecule has 1 aromatic rings. The summed E-state index contributed by atoms with van der Waals surface area (Å²) in [4.78, 5) is 23.0. The van der Waals surface area contributed by atoms with Crippen LogP contribution >= 0.6 is 0 Å². The lowest BCUT2D eigenvalue weighted by molar-refractivity contribution is -0.116. The minimum Gasteiger partial charge on any atom is -0.445 e. The normalized spacial score (nSPS) is 24.8. The lowest BCUT2D eigenvalue weighted by atomic mass is 9.93. The molecular formula is C17H17NO5. The van der Waals surface area contributed by atoms with Crippen molar-refractivity contribution < 1.29 is 24.2 Å². The van der Waals surface area contributed by atoms with E-state index in [1.165, 1.54) is 12.2 Å². The van der Waals surface area contributed by atoms with E-state index in [0.29, 0.717) is 6.42 Å². The smallest absolute Gasteiger partial charge is 0.407 e. The Labute approximate surface area is 133 Å². The Morgan fingerprint density at radius 3 is 2.70 bits per heavy atom. The second-order valence-corrected chi connectivity index (χ2v) is 5.55. The quantitative estimate of drug-likeness (QED) is 0.882. The van der Waals surface area contributed by atoms with E-state index in [9.17, 15) is 14.7 Å². The van der Waals surface area contributed by atoms with Crippen LogP contribution in [0.4, 0.5) is 4.79 Å². The molecule has 6 nitrogen and oxygen atoms in total. The first kappa shape index (κ1) is 15.5. The van der Waals surface area contributed by atoms with Crippen molar-refractivity contribution in [2.75, 3.05) is 0 Å². The van der Waals surface area contributed by atoms with E-state index in [1.54, 1.807) is 12.2 Å². The Hall–Kier alpha value is -2.44. The number of alkyl carbamates (subject to hydrolysis) is 1. The first-order valence-corrected chi connectivity index (χ1v) is 7.32. The summed E-state index contributed by atoms with van der Waals surface area (Å²) in [6.07, 6.45) is 4.51. The van der Waals surface area contributed by atoms with Crippen LogP contribution in [-0.4, -0.2) is 34.9 Å². The van der Waals surface area contributed by atoms with Crippen LogP contribution in [0, 0.1) is 0 Å². The lowest BCUT2D eigenvalue weighted by Gasteiger charge is -2.22. The summed E-state index contributed by atoms with van der Waals surface area (Å²) in [5, 5.41) is 12.6. The Morgan fingerprint density at radius 2 is 2.00 bits per heavy atom. The van der Waals surface area contributed by atoms with Crippen molar-refractivity contribution in [2.24, 2.45) is 0 Å². The molecule has 1 aliphatic heterocycles. The van der Waals surface area contributed by atoms with E-state index in [4.69, 9.17) is 9.47 Å². The van der Waals surface area contributed by atoms with Gasteiger partial charge in [0.2, 0.25) is 0 Å². The topological polar surface area (TPSA) is 84.9 Å². The highest BCUT2D eigenvalue weighted by Crippen LogP contribution is 2.34. The maximum absolute atomic E-state index is 11.9. The average molecular weight is 315 g/mol. The third kappa shape index (κ3) is 3.67. The molecule has 0 radical (unpaired) electrons. The molecule has 6 heteroatoms. The van der Waals surface area contributed by atoms with Gasteiger partial charge in [-0.1, -0.05) is 30.3 Å². The number of hydrogen-bond donors (Lipinski definition) is 2. The fourth-order valence-electron chi connectivity index (χ4n) is 2.61. The van der Waals surface area contributed by atoms with Crippen LogP contribution in [0.2, 0.25) is 0 Å². The molecule has 120 valence electrons. The fourth-order valence-corrected chi connectivity index (χ4v) is 2.61. The molecule has 1 unspecified atom stereocenters. The SMILES string of the molecule is O=C1C=CC2(C=C1)C[C@H](NC(=O)OCc1ccccc1)C(O)O2. The molecule has 2 atom stereocenters. The Bertz CT molecular complexity index is 636. The van der Waals surface area contributed by atoms with Crippen LogP contribution in [0.25, 0.3) is 0 Å². The van der Waals surface area contributed by atoms with Gasteiger partial charge in [0.15, 0.2) is 12.1 Å². The van der Waals surface area contributed by atoms with Gasteiger partial charge in [0.1, 0.15) is 12.2 Å². The van der Waals surface area contributed by atoms with Crippen LogP contribution in [0.15, 0.2) is 54.6 Å². The van der Waals surface area contributed by atoms with Crippen molar-refractivity contribution in [3.8, 4) is 0 Å². The summed E-state index contributed by atoms with van der Waals surface area (Å²) in [6.45, 7) is 0.149. The van der Waals surface area contributed by atoms with Crippen LogP contribution in [0.3, 0.4) is 0 Å². The monoisotopic (exact) mass is 315 g/mol. The van der Waals surface area contributed by atoms with Crippen molar-refractivity contribution in [1.82, 2.24) is 5.32 Å². The predicted molar refractivity (Wildman–Crippen MR) is 81.3 cm³/mol. The zero-order chi connectivity index (χ0) is 16.3. The highest BCUT2D eigenvalue weighted by Gasteiger charge is 2.44. The number of nitrogens with one attached hydrogen (secondary N) is 1. The number of allylic oxidation sites excluding steroid dienone is 2. The molecule has 23 heavy (non-hydrogen) atoms. The van der Waals surface area contributed by atoms with Crippen LogP contribution < -0.4 is 5.32 Å². The number of hydrogen-bond acceptors (Lipinski definition) is 5. The van der Waals surface area contributed by atoms with Gasteiger partial charge in [-0.2, -0.15) is 0 Å². The largest absolute Gasteiger partial charge is 0.445 e. The molecule has 1 saturated heterocycles. The molecule has 0 bridgehead atoms. The van der Waals surface area contributed by atoms with E-state index in [2.05, 4.69) is 5.32 Å². The predicted octanol–water partition coefficient (Wildman–Crippen LogP) is 1.45. The number of ketones is 1. The number of amides is 1. The molecule has 1 heterocycles. The minimum absolute atomic E-state index is 0.132. The van der Waals surface area contributed by atoms with Gasteiger partial charge < -0.3 is 19.9 Å². The van der Waals surface area contributed by atoms with Crippen molar-refractivity contribution in [3.05, 3.63) is 60.2 Å². The number of rotatable bonds is 3. The van der Waals surface area contributed by atoms with Gasteiger partial charge in [-0.15, -0.1) is 0 Å². The maximum atomic E-state index is 11.9. The van der Waals surface area contributed by atoms with Gasteiger partial charge in [-0.3, -0.25) is 4.79 Å². The van der Waals surface area contributed by atoms with E-state index in [1.807, 2.05) is 30.3 Å². The molecule has 2 N–H and O–H groups in total. The van der Waals surface area contributed by atoms with Crippen molar-refractivity contribution in [2.45, 2.75) is 31.0 Å². The first-order chi connectivity index (χ1) is 11.1. The summed E-state index contributed by atoms with van der Waals surface area (Å²) in [5.74, 6) is -0.132. The third-order valence-corrected chi connectivity index (χ3v) is 3.80. The molecule has 1 aromatic carbocycles. The zero-order valence-electron chi connectivity index (χ0n) is 12.3. The number of aliphatic hydroxyl groups excluding tert-OH is 1. The van der Waals surface area contributed by atoms with Crippen LogP contribution in [-0.2, 0) is 20.9 Å². The highest BCUT2D eigenvalue weighted by atomic mass is 16.6. The number of aliphatic hydroxyl groups is 1. The molecule has 1 fully saturated rings. The van der Waals surface area contributed by atoms with Crippen LogP contribution in [0.5, 0.6) is 0 Å². The van der Waals surface area contributed by atoms with Gasteiger partial charge in [0.25, 0.3) is 0 Å². The fraction of sp³-hybridized carbons (Fsp3) is 0.294. The van der Waals surface area contributed by atoms with Crippen LogP contribution in [0.1, 0.15) is 12.0 Å². The van der Waals surface area contributed by atoms with E-state index in [0.717, 1.165) is 5.56 Å². The molecule has 2 aliphatic rings. The van der Waals surface area contributed by atoms with Gasteiger partial charge in [0.05, 0.1) is 6.04 Å². The van der Waals surface area contributed by atoms with Crippen molar-refractivity contribution in [3.63, 3.8) is 0 Å². The molecule has 1 amide bonds. The summed E-state index contributed by atoms with van der Waals surface area (Å²) in [6, 6.07) is 8.69. The second kappa shape index (κ2) is 6.36. The molecular weight excluding hydrogens is 298 g/mol. The maximum Gasteiger partial charge on any atom is 0.407 e. The summed E-state index contributed by atoms with van der Waals surface area (Å²) in [5.41, 5.74) is 0.0176. The Morgan fingerprint density at radius 1 is 1.30 bits per heavy atom. The van der Waals surface area contributed by atoms with E-state index >= 15 is 0 Å². The minimum atomic E-state index is -1.17. The number of ether oxygens (including phenoxy) is 2. The highest BCUT2D eigenvalue weighted by molar-refractivity contribution is 6.00. The number of carbonyl (C=O) groups excluding carboxylic acids is 2. The Kier molecular flexibility index (Phi) is 4.27. The Balaban J connectivity index is 1.54. The molecule has 1 aliphatic carbocycles. The first-order valence-electron chi connectivity index (χ1n) is 7.32. The van der Waals surface area contributed by atoms with E-state index < -0.39 is 24.0 Å². The standard InChI is InChI=1S/C17H17NO5/c19-13-6-8-17(9-7-13)10-14(15(20)23-17)18-16(21)22-11-12-4-2-1-3-5-12/h1-9,14-15,20H,10-11H2,(H,18,21)/t14-,15?/m0/s1. The molecule has 0 saturated carbocycles. The van der Waals surface area contributed by atoms with Crippen molar-refractivity contribution in [1.29, 1.82) is 0 Å². The summed E-state index contributed by atoms with van der Waals surface area (Å²) < 4.78 is 10.6. The van der Waals surface area contributed by atoms with Gasteiger partial charge >= 0.3 is 6.09 Å². The number of carbonyl (C=O) groups is 2. The van der Waals surface area contributed by atoms with Crippen molar-refractivity contribution >= 4 is 11.9 Å². The third-order valence-electron chi connectivity index (χ3n) is 3.80.